The lowest BCUT2D eigenvalue weighted by atomic mass is 10.2. The molecule has 0 aliphatic carbocycles. The predicted octanol–water partition coefficient (Wildman–Crippen LogP) is 7.52. The fourth-order valence-electron chi connectivity index (χ4n) is 4.01. The molecule has 0 amide bonds. The summed E-state index contributed by atoms with van der Waals surface area (Å²) in [6.07, 6.45) is 1.25. The van der Waals surface area contributed by atoms with Crippen molar-refractivity contribution < 1.29 is 0 Å². The summed E-state index contributed by atoms with van der Waals surface area (Å²) in [7, 11) is 0. The Morgan fingerprint density at radius 1 is 0.812 bits per heavy atom. The molecule has 0 radical (unpaired) electrons. The third kappa shape index (κ3) is 5.37. The minimum Gasteiger partial charge on any atom is -0.397 e. The highest BCUT2D eigenvalue weighted by Gasteiger charge is 2.38. The van der Waals surface area contributed by atoms with E-state index in [-0.39, 0.29) is 6.17 Å². The van der Waals surface area contributed by atoms with Crippen molar-refractivity contribution >= 4 is 28.4 Å². The second-order valence-corrected chi connectivity index (χ2v) is 7.31. The third-order valence-electron chi connectivity index (χ3n) is 5.57. The van der Waals surface area contributed by atoms with Gasteiger partial charge in [-0.2, -0.15) is 0 Å². The van der Waals surface area contributed by atoms with Gasteiger partial charge in [-0.25, -0.2) is 0 Å². The topological polar surface area (TPSA) is 44.5 Å². The smallest absolute Gasteiger partial charge is 0.124 e. The van der Waals surface area contributed by atoms with Gasteiger partial charge in [0, 0.05) is 11.7 Å². The highest BCUT2D eigenvalue weighted by molar-refractivity contribution is 5.84. The predicted molar refractivity (Wildman–Crippen MR) is 143 cm³/mol. The van der Waals surface area contributed by atoms with Gasteiger partial charge in [0.1, 0.15) is 6.17 Å². The SMILES string of the molecule is CC.CC.CCC(C)N1c2ccccc2N(c2ccccc2)C1CNc1ccccc1N. The molecule has 0 bridgehead atoms. The second kappa shape index (κ2) is 12.7. The molecule has 3 N–H and O–H groups in total. The lowest BCUT2D eigenvalue weighted by molar-refractivity contribution is 0.550. The zero-order valence-electron chi connectivity index (χ0n) is 20.5. The molecule has 172 valence electrons. The summed E-state index contributed by atoms with van der Waals surface area (Å²) in [5, 5.41) is 3.59. The van der Waals surface area contributed by atoms with E-state index in [2.05, 4.69) is 83.6 Å². The molecule has 0 fully saturated rings. The molecule has 2 atom stereocenters. The van der Waals surface area contributed by atoms with Gasteiger partial charge in [-0.05, 0) is 49.7 Å². The standard InChI is InChI=1S/C24H28N4.2C2H6/c1-3-18(2)27-22-15-9-10-16-23(22)28(19-11-5-4-6-12-19)24(27)17-26-21-14-8-7-13-20(21)25;2*1-2/h4-16,18,24,26H,3,17,25H2,1-2H3;2*1-2H3. The molecule has 1 heterocycles. The Labute approximate surface area is 195 Å². The van der Waals surface area contributed by atoms with Crippen LogP contribution in [0.15, 0.2) is 78.9 Å². The first-order chi connectivity index (χ1) is 15.7. The van der Waals surface area contributed by atoms with E-state index in [1.807, 2.05) is 52.0 Å². The number of hydrogen-bond acceptors (Lipinski definition) is 4. The van der Waals surface area contributed by atoms with Gasteiger partial charge in [0.15, 0.2) is 0 Å². The van der Waals surface area contributed by atoms with E-state index < -0.39 is 0 Å². The van der Waals surface area contributed by atoms with E-state index >= 15 is 0 Å². The van der Waals surface area contributed by atoms with Crippen molar-refractivity contribution in [3.8, 4) is 0 Å². The Bertz CT molecular complexity index is 925. The van der Waals surface area contributed by atoms with E-state index in [9.17, 15) is 0 Å². The van der Waals surface area contributed by atoms with Crippen molar-refractivity contribution in [1.82, 2.24) is 0 Å². The largest absolute Gasteiger partial charge is 0.397 e. The van der Waals surface area contributed by atoms with Crippen molar-refractivity contribution in [3.05, 3.63) is 78.9 Å². The lowest BCUT2D eigenvalue weighted by Gasteiger charge is -2.37. The maximum atomic E-state index is 6.17. The van der Waals surface area contributed by atoms with Crippen LogP contribution in [0.3, 0.4) is 0 Å². The average molecular weight is 433 g/mol. The fraction of sp³-hybridized carbons (Fsp3) is 0.357. The molecule has 2 unspecified atom stereocenters. The van der Waals surface area contributed by atoms with Gasteiger partial charge in [0.2, 0.25) is 0 Å². The minimum atomic E-state index is 0.161. The molecule has 4 rings (SSSR count). The molecule has 1 aliphatic rings. The van der Waals surface area contributed by atoms with Crippen molar-refractivity contribution in [2.45, 2.75) is 60.2 Å². The lowest BCUT2D eigenvalue weighted by Crippen LogP contribution is -2.49. The number of nitrogens with two attached hydrogens (primary N) is 1. The van der Waals surface area contributed by atoms with Crippen molar-refractivity contribution in [1.29, 1.82) is 0 Å². The second-order valence-electron chi connectivity index (χ2n) is 7.31. The Hall–Kier alpha value is -3.14. The van der Waals surface area contributed by atoms with Crippen LogP contribution in [0.2, 0.25) is 0 Å². The zero-order valence-corrected chi connectivity index (χ0v) is 20.5. The Morgan fingerprint density at radius 3 is 2.00 bits per heavy atom. The molecule has 4 nitrogen and oxygen atoms in total. The first-order valence-electron chi connectivity index (χ1n) is 12.0. The Kier molecular flexibility index (Phi) is 9.93. The minimum absolute atomic E-state index is 0.161. The summed E-state index contributed by atoms with van der Waals surface area (Å²) < 4.78 is 0. The number of para-hydroxylation sites is 5. The molecule has 3 aromatic carbocycles. The molecule has 0 saturated carbocycles. The van der Waals surface area contributed by atoms with Gasteiger partial charge < -0.3 is 20.9 Å². The van der Waals surface area contributed by atoms with Crippen LogP contribution in [0.4, 0.5) is 28.4 Å². The van der Waals surface area contributed by atoms with E-state index in [0.29, 0.717) is 6.04 Å². The van der Waals surface area contributed by atoms with E-state index in [0.717, 1.165) is 24.3 Å². The number of fused-ring (bicyclic) bond motifs is 1. The van der Waals surface area contributed by atoms with Crippen molar-refractivity contribution in [3.63, 3.8) is 0 Å². The van der Waals surface area contributed by atoms with Crippen LogP contribution in [-0.4, -0.2) is 18.8 Å². The number of anilines is 5. The number of nitrogen functional groups attached to an aromatic ring is 1. The van der Waals surface area contributed by atoms with Crippen LogP contribution in [-0.2, 0) is 0 Å². The number of nitrogens with one attached hydrogen (secondary N) is 1. The molecule has 0 spiro atoms. The number of benzene rings is 3. The molecule has 4 heteroatoms. The normalized spacial score (nSPS) is 15.0. The third-order valence-corrected chi connectivity index (χ3v) is 5.57. The van der Waals surface area contributed by atoms with Gasteiger partial charge in [-0.15, -0.1) is 0 Å². The van der Waals surface area contributed by atoms with Gasteiger partial charge in [0.25, 0.3) is 0 Å². The molecule has 32 heavy (non-hydrogen) atoms. The van der Waals surface area contributed by atoms with Crippen LogP contribution >= 0.6 is 0 Å². The van der Waals surface area contributed by atoms with E-state index in [4.69, 9.17) is 5.73 Å². The van der Waals surface area contributed by atoms with Gasteiger partial charge in [0.05, 0.1) is 29.3 Å². The van der Waals surface area contributed by atoms with Gasteiger partial charge in [-0.3, -0.25) is 0 Å². The first kappa shape index (κ1) is 25.1. The fourth-order valence-corrected chi connectivity index (χ4v) is 4.01. The van der Waals surface area contributed by atoms with Crippen LogP contribution in [0.5, 0.6) is 0 Å². The summed E-state index contributed by atoms with van der Waals surface area (Å²) in [6, 6.07) is 27.7. The maximum absolute atomic E-state index is 6.17. The quantitative estimate of drug-likeness (QED) is 0.395. The average Bonchev–Trinajstić information content (AvgIpc) is 3.20. The Morgan fingerprint density at radius 2 is 1.38 bits per heavy atom. The molecule has 1 aliphatic heterocycles. The summed E-state index contributed by atoms with van der Waals surface area (Å²) >= 11 is 0. The number of nitrogens with zero attached hydrogens (tertiary/aromatic N) is 2. The van der Waals surface area contributed by atoms with Crippen molar-refractivity contribution in [2.24, 2.45) is 0 Å². The highest BCUT2D eigenvalue weighted by atomic mass is 15.4. The first-order valence-corrected chi connectivity index (χ1v) is 12.0. The van der Waals surface area contributed by atoms with Crippen LogP contribution in [0, 0.1) is 0 Å². The van der Waals surface area contributed by atoms with E-state index in [1.54, 1.807) is 0 Å². The molecule has 0 aromatic heterocycles. The van der Waals surface area contributed by atoms with Crippen LogP contribution in [0.1, 0.15) is 48.0 Å². The van der Waals surface area contributed by atoms with Crippen LogP contribution in [0.25, 0.3) is 0 Å². The van der Waals surface area contributed by atoms with E-state index in [1.165, 1.54) is 17.1 Å². The molecular formula is C28H40N4. The molecule has 3 aromatic rings. The monoisotopic (exact) mass is 432 g/mol. The summed E-state index contributed by atoms with van der Waals surface area (Å²) in [4.78, 5) is 4.97. The molecular weight excluding hydrogens is 392 g/mol. The maximum Gasteiger partial charge on any atom is 0.124 e. The van der Waals surface area contributed by atoms with Gasteiger partial charge in [-0.1, -0.05) is 77.1 Å². The van der Waals surface area contributed by atoms with Crippen molar-refractivity contribution in [2.75, 3.05) is 27.4 Å². The summed E-state index contributed by atoms with van der Waals surface area (Å²) in [5.41, 5.74) is 11.7. The molecule has 0 saturated heterocycles. The summed E-state index contributed by atoms with van der Waals surface area (Å²) in [5.74, 6) is 0. The van der Waals surface area contributed by atoms with Crippen LogP contribution < -0.4 is 20.9 Å². The summed E-state index contributed by atoms with van der Waals surface area (Å²) in [6.45, 7) is 13.3. The Balaban J connectivity index is 0.000000860. The highest BCUT2D eigenvalue weighted by Crippen LogP contribution is 2.45. The zero-order chi connectivity index (χ0) is 23.5. The number of hydrogen-bond donors (Lipinski definition) is 2. The van der Waals surface area contributed by atoms with Gasteiger partial charge >= 0.3 is 0 Å². The number of rotatable bonds is 6.